The number of rotatable bonds is 2. The Balaban J connectivity index is 1.87. The summed E-state index contributed by atoms with van der Waals surface area (Å²) in [5.74, 6) is 7.63. The van der Waals surface area contributed by atoms with Crippen molar-refractivity contribution in [2.45, 2.75) is 0 Å². The first kappa shape index (κ1) is 16.0. The third-order valence-electron chi connectivity index (χ3n) is 4.14. The van der Waals surface area contributed by atoms with Gasteiger partial charge in [-0.25, -0.2) is 0 Å². The fourth-order valence-corrected chi connectivity index (χ4v) is 5.02. The molecule has 1 heterocycles. The van der Waals surface area contributed by atoms with Crippen LogP contribution in [0.3, 0.4) is 0 Å². The van der Waals surface area contributed by atoms with Crippen molar-refractivity contribution in [1.29, 1.82) is 0 Å². The van der Waals surface area contributed by atoms with Crippen LogP contribution in [0.4, 0.5) is 0 Å². The molecular formula is C23H16OTe. The van der Waals surface area contributed by atoms with E-state index >= 15 is 0 Å². The first-order valence-electron chi connectivity index (χ1n) is 8.07. The first-order chi connectivity index (χ1) is 12.3. The molecule has 0 radical (unpaired) electrons. The Hall–Kier alpha value is -2.45. The molecule has 120 valence electrons. The third kappa shape index (κ3) is 3.35. The van der Waals surface area contributed by atoms with Gasteiger partial charge in [0.2, 0.25) is 0 Å². The molecule has 25 heavy (non-hydrogen) atoms. The topological polar surface area (TPSA) is 9.23 Å². The van der Waals surface area contributed by atoms with Crippen LogP contribution in [-0.4, -0.2) is 27.5 Å². The SMILES string of the molecule is COc1ccc(C#Cc2c(-c3ccc[te]3)ccc3ccccc23)cc1. The van der Waals surface area contributed by atoms with E-state index in [0.717, 1.165) is 16.9 Å². The molecule has 0 aliphatic rings. The maximum absolute atomic E-state index is 5.22. The van der Waals surface area contributed by atoms with Crippen LogP contribution < -0.4 is 4.74 Å². The van der Waals surface area contributed by atoms with Crippen LogP contribution in [0.15, 0.2) is 76.9 Å². The molecule has 0 saturated carbocycles. The molecule has 0 spiro atoms. The van der Waals surface area contributed by atoms with Crippen molar-refractivity contribution < 1.29 is 4.74 Å². The van der Waals surface area contributed by atoms with Crippen molar-refractivity contribution >= 4 is 31.2 Å². The van der Waals surface area contributed by atoms with Gasteiger partial charge in [0.1, 0.15) is 0 Å². The summed E-state index contributed by atoms with van der Waals surface area (Å²) in [4.78, 5) is 0. The Morgan fingerprint density at radius 3 is 2.40 bits per heavy atom. The van der Waals surface area contributed by atoms with E-state index in [2.05, 4.69) is 64.5 Å². The van der Waals surface area contributed by atoms with Gasteiger partial charge in [-0.05, 0) is 0 Å². The monoisotopic (exact) mass is 438 g/mol. The summed E-state index contributed by atoms with van der Waals surface area (Å²) in [6.07, 6.45) is 0. The zero-order valence-electron chi connectivity index (χ0n) is 13.8. The minimum atomic E-state index is -0.238. The Morgan fingerprint density at radius 2 is 1.64 bits per heavy atom. The molecule has 0 aliphatic carbocycles. The maximum atomic E-state index is 5.22. The molecule has 4 aromatic rings. The van der Waals surface area contributed by atoms with Gasteiger partial charge in [0, 0.05) is 0 Å². The van der Waals surface area contributed by atoms with Gasteiger partial charge >= 0.3 is 158 Å². The quantitative estimate of drug-likeness (QED) is 0.319. The van der Waals surface area contributed by atoms with E-state index in [1.807, 2.05) is 24.3 Å². The minimum absolute atomic E-state index is 0.238. The molecule has 1 aromatic heterocycles. The molecule has 3 aromatic carbocycles. The summed E-state index contributed by atoms with van der Waals surface area (Å²) in [6.45, 7) is 0. The van der Waals surface area contributed by atoms with Crippen molar-refractivity contribution in [2.24, 2.45) is 0 Å². The number of methoxy groups -OCH3 is 1. The summed E-state index contributed by atoms with van der Waals surface area (Å²) in [7, 11) is 1.68. The molecule has 0 fully saturated rings. The Morgan fingerprint density at radius 1 is 0.800 bits per heavy atom. The van der Waals surface area contributed by atoms with Gasteiger partial charge in [-0.15, -0.1) is 0 Å². The number of ether oxygens (including phenoxy) is 1. The van der Waals surface area contributed by atoms with E-state index in [-0.39, 0.29) is 20.4 Å². The van der Waals surface area contributed by atoms with Crippen LogP contribution in [0.1, 0.15) is 11.1 Å². The van der Waals surface area contributed by atoms with Crippen LogP contribution >= 0.6 is 0 Å². The molecule has 2 heteroatoms. The van der Waals surface area contributed by atoms with Crippen molar-refractivity contribution in [3.8, 4) is 26.7 Å². The summed E-state index contributed by atoms with van der Waals surface area (Å²) in [5.41, 5.74) is 3.41. The molecule has 0 amide bonds. The molecule has 0 aliphatic heterocycles. The predicted octanol–water partition coefficient (Wildman–Crippen LogP) is 4.97. The van der Waals surface area contributed by atoms with E-state index in [1.54, 1.807) is 7.11 Å². The summed E-state index contributed by atoms with van der Waals surface area (Å²) < 4.78 is 8.99. The van der Waals surface area contributed by atoms with E-state index in [1.165, 1.54) is 19.9 Å². The van der Waals surface area contributed by atoms with Gasteiger partial charge in [0.05, 0.1) is 0 Å². The van der Waals surface area contributed by atoms with Gasteiger partial charge < -0.3 is 0 Å². The Bertz CT molecular complexity index is 1060. The van der Waals surface area contributed by atoms with Crippen molar-refractivity contribution in [1.82, 2.24) is 0 Å². The summed E-state index contributed by atoms with van der Waals surface area (Å²) in [5, 5.41) is 2.46. The first-order valence-corrected chi connectivity index (χ1v) is 10.6. The van der Waals surface area contributed by atoms with Crippen LogP contribution in [0.25, 0.3) is 19.9 Å². The number of hydrogen-bond acceptors (Lipinski definition) is 1. The van der Waals surface area contributed by atoms with Crippen LogP contribution in [0, 0.1) is 11.8 Å². The average molecular weight is 436 g/mol. The molecular weight excluding hydrogens is 420 g/mol. The molecule has 0 bridgehead atoms. The average Bonchev–Trinajstić information content (AvgIpc) is 3.21. The number of fused-ring (bicyclic) bond motifs is 1. The van der Waals surface area contributed by atoms with Gasteiger partial charge in [0.25, 0.3) is 0 Å². The molecule has 0 atom stereocenters. The van der Waals surface area contributed by atoms with Crippen molar-refractivity contribution in [3.63, 3.8) is 0 Å². The van der Waals surface area contributed by atoms with E-state index in [9.17, 15) is 0 Å². The molecule has 1 nitrogen and oxygen atoms in total. The Kier molecular flexibility index (Phi) is 4.62. The molecule has 0 unspecified atom stereocenters. The second-order valence-corrected chi connectivity index (χ2v) is 8.37. The van der Waals surface area contributed by atoms with Gasteiger partial charge in [-0.1, -0.05) is 0 Å². The second kappa shape index (κ2) is 7.20. The normalized spacial score (nSPS) is 10.3. The fraction of sp³-hybridized carbons (Fsp3) is 0.0435. The molecule has 0 N–H and O–H groups in total. The van der Waals surface area contributed by atoms with E-state index in [0.29, 0.717) is 0 Å². The zero-order chi connectivity index (χ0) is 17.1. The van der Waals surface area contributed by atoms with Crippen LogP contribution in [0.5, 0.6) is 5.75 Å². The van der Waals surface area contributed by atoms with E-state index < -0.39 is 0 Å². The van der Waals surface area contributed by atoms with Crippen LogP contribution in [0.2, 0.25) is 0 Å². The third-order valence-corrected chi connectivity index (χ3v) is 6.72. The summed E-state index contributed by atoms with van der Waals surface area (Å²) >= 11 is -0.238. The molecule has 4 rings (SSSR count). The van der Waals surface area contributed by atoms with Crippen molar-refractivity contribution in [3.05, 3.63) is 88.0 Å². The predicted molar refractivity (Wildman–Crippen MR) is 105 cm³/mol. The number of benzene rings is 3. The van der Waals surface area contributed by atoms with Crippen molar-refractivity contribution in [2.75, 3.05) is 7.11 Å². The fourth-order valence-electron chi connectivity index (χ4n) is 2.85. The van der Waals surface area contributed by atoms with Gasteiger partial charge in [-0.2, -0.15) is 0 Å². The van der Waals surface area contributed by atoms with Gasteiger partial charge in [0.15, 0.2) is 0 Å². The van der Waals surface area contributed by atoms with Crippen LogP contribution in [-0.2, 0) is 0 Å². The summed E-state index contributed by atoms with van der Waals surface area (Å²) in [6, 6.07) is 25.2. The standard InChI is InChI=1S/C23H16OTe/c1-24-19-12-8-17(9-13-19)10-14-21-20-6-3-2-5-18(20)11-15-22(21)23-7-4-16-25-23/h2-9,11-13,15-16H,1H3. The van der Waals surface area contributed by atoms with E-state index in [4.69, 9.17) is 4.74 Å². The zero-order valence-corrected chi connectivity index (χ0v) is 16.2. The van der Waals surface area contributed by atoms with Gasteiger partial charge in [-0.3, -0.25) is 0 Å². The molecule has 0 saturated heterocycles. The second-order valence-electron chi connectivity index (χ2n) is 5.67. The Labute approximate surface area is 157 Å². The number of hydrogen-bond donors (Lipinski definition) is 0.